The Morgan fingerprint density at radius 1 is 1.35 bits per heavy atom. The predicted molar refractivity (Wildman–Crippen MR) is 76.9 cm³/mol. The number of carbonyl (C=O) groups is 1. The number of rotatable bonds is 6. The van der Waals surface area contributed by atoms with E-state index in [1.165, 1.54) is 0 Å². The van der Waals surface area contributed by atoms with E-state index >= 15 is 0 Å². The molecule has 1 amide bonds. The van der Waals surface area contributed by atoms with E-state index in [0.29, 0.717) is 13.0 Å². The van der Waals surface area contributed by atoms with Crippen LogP contribution in [0.5, 0.6) is 11.5 Å². The van der Waals surface area contributed by atoms with Gasteiger partial charge in [0.15, 0.2) is 11.5 Å². The molecule has 1 aromatic carbocycles. The third-order valence-electron chi connectivity index (χ3n) is 3.37. The van der Waals surface area contributed by atoms with E-state index in [1.807, 2.05) is 39.2 Å². The van der Waals surface area contributed by atoms with Gasteiger partial charge in [0.1, 0.15) is 0 Å². The van der Waals surface area contributed by atoms with E-state index in [2.05, 4.69) is 10.2 Å². The Hall–Kier alpha value is -1.75. The number of ether oxygens (including phenoxy) is 2. The number of hydrogen-bond acceptors (Lipinski definition) is 4. The quantitative estimate of drug-likeness (QED) is 0.864. The second kappa shape index (κ2) is 6.61. The molecule has 1 aliphatic rings. The van der Waals surface area contributed by atoms with Gasteiger partial charge < -0.3 is 19.7 Å². The van der Waals surface area contributed by atoms with Crippen LogP contribution in [0.2, 0.25) is 0 Å². The van der Waals surface area contributed by atoms with Gasteiger partial charge in [0.2, 0.25) is 12.7 Å². The number of hydrogen-bond donors (Lipinski definition) is 1. The Labute approximate surface area is 119 Å². The molecule has 0 unspecified atom stereocenters. The lowest BCUT2D eigenvalue weighted by Gasteiger charge is -2.25. The number of benzene rings is 1. The van der Waals surface area contributed by atoms with E-state index in [0.717, 1.165) is 23.5 Å². The van der Waals surface area contributed by atoms with Gasteiger partial charge in [0.05, 0.1) is 6.04 Å². The van der Waals surface area contributed by atoms with E-state index in [9.17, 15) is 4.79 Å². The summed E-state index contributed by atoms with van der Waals surface area (Å²) in [4.78, 5) is 13.7. The first-order valence-corrected chi connectivity index (χ1v) is 6.94. The molecule has 20 heavy (non-hydrogen) atoms. The highest BCUT2D eigenvalue weighted by Gasteiger charge is 2.19. The van der Waals surface area contributed by atoms with Gasteiger partial charge in [-0.15, -0.1) is 0 Å². The maximum Gasteiger partial charge on any atom is 0.231 e. The number of likely N-dealkylation sites (N-methyl/N-ethyl adjacent to an activating group) is 1. The van der Waals surface area contributed by atoms with Crippen LogP contribution in [0, 0.1) is 0 Å². The number of nitrogens with zero attached hydrogens (tertiary/aromatic N) is 1. The van der Waals surface area contributed by atoms with E-state index in [1.54, 1.807) is 0 Å². The SMILES string of the molecule is CCCC(=O)NC[C@@H](c1ccc2c(c1)OCO2)N(C)C. The standard InChI is InChI=1S/C15H22N2O3/c1-4-5-15(18)16-9-12(17(2)3)11-6-7-13-14(8-11)20-10-19-13/h6-8,12H,4-5,9-10H2,1-3H3,(H,16,18)/t12-/m0/s1. The Morgan fingerprint density at radius 3 is 2.80 bits per heavy atom. The summed E-state index contributed by atoms with van der Waals surface area (Å²) in [7, 11) is 4.00. The number of fused-ring (bicyclic) bond motifs is 1. The van der Waals surface area contributed by atoms with Crippen LogP contribution in [0.25, 0.3) is 0 Å². The van der Waals surface area contributed by atoms with Gasteiger partial charge in [-0.05, 0) is 38.2 Å². The maximum atomic E-state index is 11.6. The van der Waals surface area contributed by atoms with Crippen LogP contribution in [0.3, 0.4) is 0 Å². The minimum Gasteiger partial charge on any atom is -0.454 e. The van der Waals surface area contributed by atoms with Crippen molar-refractivity contribution in [2.45, 2.75) is 25.8 Å². The fourth-order valence-corrected chi connectivity index (χ4v) is 2.24. The Balaban J connectivity index is 2.06. The molecule has 5 heteroatoms. The zero-order valence-electron chi connectivity index (χ0n) is 12.3. The van der Waals surface area contributed by atoms with Gasteiger partial charge in [-0.1, -0.05) is 13.0 Å². The van der Waals surface area contributed by atoms with E-state index < -0.39 is 0 Å². The van der Waals surface area contributed by atoms with Crippen molar-refractivity contribution in [2.75, 3.05) is 27.4 Å². The molecule has 0 fully saturated rings. The number of nitrogens with one attached hydrogen (secondary N) is 1. The van der Waals surface area contributed by atoms with Gasteiger partial charge in [-0.25, -0.2) is 0 Å². The van der Waals surface area contributed by atoms with Crippen LogP contribution in [0.15, 0.2) is 18.2 Å². The summed E-state index contributed by atoms with van der Waals surface area (Å²) in [5.74, 6) is 1.65. The summed E-state index contributed by atoms with van der Waals surface area (Å²) in [5, 5.41) is 2.98. The summed E-state index contributed by atoms with van der Waals surface area (Å²) in [6, 6.07) is 6.04. The molecule has 0 aromatic heterocycles. The van der Waals surface area contributed by atoms with Crippen molar-refractivity contribution in [3.05, 3.63) is 23.8 Å². The van der Waals surface area contributed by atoms with Crippen molar-refractivity contribution < 1.29 is 14.3 Å². The molecule has 1 atom stereocenters. The molecule has 2 rings (SSSR count). The second-order valence-corrected chi connectivity index (χ2v) is 5.15. The third kappa shape index (κ3) is 3.42. The molecule has 5 nitrogen and oxygen atoms in total. The van der Waals surface area contributed by atoms with Crippen LogP contribution in [-0.4, -0.2) is 38.2 Å². The second-order valence-electron chi connectivity index (χ2n) is 5.15. The lowest BCUT2D eigenvalue weighted by molar-refractivity contribution is -0.121. The molecule has 1 aliphatic heterocycles. The molecule has 0 saturated carbocycles. The Morgan fingerprint density at radius 2 is 2.10 bits per heavy atom. The smallest absolute Gasteiger partial charge is 0.231 e. The molecule has 0 aliphatic carbocycles. The lowest BCUT2D eigenvalue weighted by Crippen LogP contribution is -2.34. The van der Waals surface area contributed by atoms with Crippen molar-refractivity contribution in [1.82, 2.24) is 10.2 Å². The summed E-state index contributed by atoms with van der Waals surface area (Å²) < 4.78 is 10.7. The molecule has 0 radical (unpaired) electrons. The van der Waals surface area contributed by atoms with Crippen LogP contribution in [0.1, 0.15) is 31.4 Å². The van der Waals surface area contributed by atoms with Crippen LogP contribution >= 0.6 is 0 Å². The molecule has 1 heterocycles. The topological polar surface area (TPSA) is 50.8 Å². The zero-order valence-corrected chi connectivity index (χ0v) is 12.3. The molecule has 0 spiro atoms. The van der Waals surface area contributed by atoms with Crippen molar-refractivity contribution in [1.29, 1.82) is 0 Å². The number of carbonyl (C=O) groups excluding carboxylic acids is 1. The highest BCUT2D eigenvalue weighted by Crippen LogP contribution is 2.34. The molecule has 0 bridgehead atoms. The lowest BCUT2D eigenvalue weighted by atomic mass is 10.1. The largest absolute Gasteiger partial charge is 0.454 e. The normalized spacial score (nSPS) is 14.4. The van der Waals surface area contributed by atoms with Crippen molar-refractivity contribution in [3.8, 4) is 11.5 Å². The minimum absolute atomic E-state index is 0.0973. The van der Waals surface area contributed by atoms with Crippen molar-refractivity contribution in [3.63, 3.8) is 0 Å². The minimum atomic E-state index is 0.0973. The average Bonchev–Trinajstić information content (AvgIpc) is 2.86. The van der Waals surface area contributed by atoms with Gasteiger partial charge in [-0.3, -0.25) is 4.79 Å². The summed E-state index contributed by atoms with van der Waals surface area (Å²) in [6.45, 7) is 2.87. The van der Waals surface area contributed by atoms with E-state index in [4.69, 9.17) is 9.47 Å². The summed E-state index contributed by atoms with van der Waals surface area (Å²) >= 11 is 0. The third-order valence-corrected chi connectivity index (χ3v) is 3.37. The monoisotopic (exact) mass is 278 g/mol. The van der Waals surface area contributed by atoms with Crippen molar-refractivity contribution >= 4 is 5.91 Å². The molecular formula is C15H22N2O3. The highest BCUT2D eigenvalue weighted by atomic mass is 16.7. The predicted octanol–water partition coefficient (Wildman–Crippen LogP) is 1.93. The maximum absolute atomic E-state index is 11.6. The Bertz CT molecular complexity index is 474. The van der Waals surface area contributed by atoms with Crippen LogP contribution < -0.4 is 14.8 Å². The van der Waals surface area contributed by atoms with Crippen LogP contribution in [0.4, 0.5) is 0 Å². The van der Waals surface area contributed by atoms with Crippen LogP contribution in [-0.2, 0) is 4.79 Å². The summed E-state index contributed by atoms with van der Waals surface area (Å²) in [5.41, 5.74) is 1.11. The molecule has 0 saturated heterocycles. The number of amides is 1. The highest BCUT2D eigenvalue weighted by molar-refractivity contribution is 5.75. The first kappa shape index (κ1) is 14.7. The van der Waals surface area contributed by atoms with Gasteiger partial charge in [-0.2, -0.15) is 0 Å². The van der Waals surface area contributed by atoms with E-state index in [-0.39, 0.29) is 18.7 Å². The van der Waals surface area contributed by atoms with Gasteiger partial charge in [0.25, 0.3) is 0 Å². The van der Waals surface area contributed by atoms with Gasteiger partial charge in [0, 0.05) is 13.0 Å². The van der Waals surface area contributed by atoms with Crippen molar-refractivity contribution in [2.24, 2.45) is 0 Å². The molecule has 1 N–H and O–H groups in total. The molecular weight excluding hydrogens is 256 g/mol. The summed E-state index contributed by atoms with van der Waals surface area (Å²) in [6.07, 6.45) is 1.43. The molecule has 1 aromatic rings. The fraction of sp³-hybridized carbons (Fsp3) is 0.533. The first-order chi connectivity index (χ1) is 9.61. The first-order valence-electron chi connectivity index (χ1n) is 6.94. The fourth-order valence-electron chi connectivity index (χ4n) is 2.24. The molecule has 110 valence electrons. The zero-order chi connectivity index (χ0) is 14.5. The Kier molecular flexibility index (Phi) is 4.84. The average molecular weight is 278 g/mol. The van der Waals surface area contributed by atoms with Gasteiger partial charge >= 0.3 is 0 Å².